The van der Waals surface area contributed by atoms with Gasteiger partial charge in [-0.15, -0.1) is 0 Å². The number of halogens is 1. The highest BCUT2D eigenvalue weighted by Gasteiger charge is 2.27. The normalized spacial score (nSPS) is 18.4. The van der Waals surface area contributed by atoms with Crippen molar-refractivity contribution in [3.63, 3.8) is 0 Å². The van der Waals surface area contributed by atoms with Crippen LogP contribution in [-0.4, -0.2) is 22.3 Å². The number of phenols is 1. The molecule has 0 amide bonds. The van der Waals surface area contributed by atoms with Crippen LogP contribution >= 0.6 is 15.9 Å². The zero-order chi connectivity index (χ0) is 11.2. The standard InChI is InChI=1S/C10H9BrO4/c1-4-2-5-3-6(10(13)14)8(12)7(11)9(5)15-4/h3-4,12H,2H2,1H3,(H,13,14). The second-order valence-electron chi connectivity index (χ2n) is 3.51. The fraction of sp³-hybridized carbons (Fsp3) is 0.300. The van der Waals surface area contributed by atoms with Crippen LogP contribution in [0, 0.1) is 0 Å². The molecule has 0 spiro atoms. The third-order valence-corrected chi connectivity index (χ3v) is 3.07. The number of carbonyl (C=O) groups is 1. The molecule has 1 aliphatic rings. The number of aromatic carboxylic acids is 1. The van der Waals surface area contributed by atoms with Crippen molar-refractivity contribution in [2.75, 3.05) is 0 Å². The van der Waals surface area contributed by atoms with E-state index in [1.165, 1.54) is 6.07 Å². The molecule has 1 heterocycles. The maximum atomic E-state index is 10.8. The number of carboxylic acids is 1. The predicted molar refractivity (Wildman–Crippen MR) is 56.6 cm³/mol. The van der Waals surface area contributed by atoms with Crippen molar-refractivity contribution in [2.24, 2.45) is 0 Å². The van der Waals surface area contributed by atoms with E-state index in [2.05, 4.69) is 15.9 Å². The largest absolute Gasteiger partial charge is 0.506 e. The first-order chi connectivity index (χ1) is 7.00. The van der Waals surface area contributed by atoms with Gasteiger partial charge in [0.15, 0.2) is 0 Å². The van der Waals surface area contributed by atoms with E-state index in [0.29, 0.717) is 16.6 Å². The van der Waals surface area contributed by atoms with E-state index in [-0.39, 0.29) is 17.4 Å². The molecule has 1 unspecified atom stereocenters. The number of hydrogen-bond acceptors (Lipinski definition) is 3. The van der Waals surface area contributed by atoms with E-state index in [4.69, 9.17) is 9.84 Å². The molecular weight excluding hydrogens is 264 g/mol. The van der Waals surface area contributed by atoms with Crippen LogP contribution in [0.4, 0.5) is 0 Å². The van der Waals surface area contributed by atoms with Crippen LogP contribution in [0.15, 0.2) is 10.5 Å². The van der Waals surface area contributed by atoms with Gasteiger partial charge in [-0.2, -0.15) is 0 Å². The molecule has 1 aromatic carbocycles. The zero-order valence-corrected chi connectivity index (χ0v) is 9.54. The first-order valence-corrected chi connectivity index (χ1v) is 5.24. The van der Waals surface area contributed by atoms with Gasteiger partial charge in [-0.3, -0.25) is 0 Å². The summed E-state index contributed by atoms with van der Waals surface area (Å²) in [5, 5.41) is 18.5. The summed E-state index contributed by atoms with van der Waals surface area (Å²) in [7, 11) is 0. The summed E-state index contributed by atoms with van der Waals surface area (Å²) in [6, 6.07) is 1.46. The quantitative estimate of drug-likeness (QED) is 0.823. The number of hydrogen-bond donors (Lipinski definition) is 2. The monoisotopic (exact) mass is 272 g/mol. The van der Waals surface area contributed by atoms with E-state index in [0.717, 1.165) is 5.56 Å². The Morgan fingerprint density at radius 3 is 2.93 bits per heavy atom. The highest BCUT2D eigenvalue weighted by Crippen LogP contribution is 2.43. The third-order valence-electron chi connectivity index (χ3n) is 2.33. The molecule has 0 bridgehead atoms. The maximum Gasteiger partial charge on any atom is 0.339 e. The maximum absolute atomic E-state index is 10.8. The van der Waals surface area contributed by atoms with E-state index in [9.17, 15) is 9.90 Å². The van der Waals surface area contributed by atoms with Gasteiger partial charge in [-0.1, -0.05) is 0 Å². The average Bonchev–Trinajstić information content (AvgIpc) is 2.52. The van der Waals surface area contributed by atoms with Crippen molar-refractivity contribution in [3.8, 4) is 11.5 Å². The van der Waals surface area contributed by atoms with Crippen LogP contribution in [0.1, 0.15) is 22.8 Å². The molecule has 0 saturated heterocycles. The average molecular weight is 273 g/mol. The Morgan fingerprint density at radius 2 is 2.33 bits per heavy atom. The van der Waals surface area contributed by atoms with Crippen molar-refractivity contribution in [1.82, 2.24) is 0 Å². The molecule has 0 radical (unpaired) electrons. The molecule has 0 fully saturated rings. The number of aromatic hydroxyl groups is 1. The lowest BCUT2D eigenvalue weighted by molar-refractivity contribution is 0.0693. The number of fused-ring (bicyclic) bond motifs is 1. The first kappa shape index (κ1) is 10.3. The lowest BCUT2D eigenvalue weighted by Crippen LogP contribution is -2.05. The molecule has 1 aromatic rings. The molecule has 4 nitrogen and oxygen atoms in total. The van der Waals surface area contributed by atoms with Crippen LogP contribution in [0.25, 0.3) is 0 Å². The minimum Gasteiger partial charge on any atom is -0.506 e. The molecule has 0 aromatic heterocycles. The molecule has 5 heteroatoms. The smallest absolute Gasteiger partial charge is 0.339 e. The molecule has 1 atom stereocenters. The lowest BCUT2D eigenvalue weighted by atomic mass is 10.1. The Morgan fingerprint density at radius 1 is 1.67 bits per heavy atom. The summed E-state index contributed by atoms with van der Waals surface area (Å²) in [6.07, 6.45) is 0.675. The van der Waals surface area contributed by atoms with Gasteiger partial charge >= 0.3 is 5.97 Å². The summed E-state index contributed by atoms with van der Waals surface area (Å²) in [5.41, 5.74) is 0.711. The van der Waals surface area contributed by atoms with Gasteiger partial charge < -0.3 is 14.9 Å². The highest BCUT2D eigenvalue weighted by molar-refractivity contribution is 9.10. The third kappa shape index (κ3) is 1.56. The van der Waals surface area contributed by atoms with E-state index < -0.39 is 5.97 Å². The lowest BCUT2D eigenvalue weighted by Gasteiger charge is -2.08. The van der Waals surface area contributed by atoms with Crippen LogP contribution in [-0.2, 0) is 6.42 Å². The molecule has 0 aliphatic carbocycles. The Balaban J connectivity index is 2.62. The van der Waals surface area contributed by atoms with Gasteiger partial charge in [0, 0.05) is 12.0 Å². The van der Waals surface area contributed by atoms with Gasteiger partial charge in [-0.05, 0) is 28.9 Å². The molecule has 80 valence electrons. The van der Waals surface area contributed by atoms with Crippen molar-refractivity contribution in [3.05, 3.63) is 21.7 Å². The number of ether oxygens (including phenoxy) is 1. The summed E-state index contributed by atoms with van der Waals surface area (Å²) >= 11 is 3.14. The van der Waals surface area contributed by atoms with Crippen molar-refractivity contribution in [1.29, 1.82) is 0 Å². The fourth-order valence-electron chi connectivity index (χ4n) is 1.67. The molecule has 2 rings (SSSR count). The second-order valence-corrected chi connectivity index (χ2v) is 4.31. The Labute approximate surface area is 94.6 Å². The number of carboxylic acid groups (broad SMARTS) is 1. The SMILES string of the molecule is CC1Cc2cc(C(=O)O)c(O)c(Br)c2O1. The van der Waals surface area contributed by atoms with E-state index in [1.807, 2.05) is 6.92 Å². The Hall–Kier alpha value is -1.23. The summed E-state index contributed by atoms with van der Waals surface area (Å²) in [5.74, 6) is -0.879. The molecule has 2 N–H and O–H groups in total. The molecule has 1 aliphatic heterocycles. The van der Waals surface area contributed by atoms with Crippen molar-refractivity contribution < 1.29 is 19.7 Å². The van der Waals surface area contributed by atoms with Gasteiger partial charge in [0.1, 0.15) is 27.6 Å². The number of benzene rings is 1. The zero-order valence-electron chi connectivity index (χ0n) is 7.95. The molecular formula is C10H9BrO4. The minimum atomic E-state index is -1.14. The van der Waals surface area contributed by atoms with Crippen LogP contribution in [0.5, 0.6) is 11.5 Å². The van der Waals surface area contributed by atoms with Crippen molar-refractivity contribution >= 4 is 21.9 Å². The van der Waals surface area contributed by atoms with Crippen molar-refractivity contribution in [2.45, 2.75) is 19.4 Å². The van der Waals surface area contributed by atoms with Crippen LogP contribution < -0.4 is 4.74 Å². The highest BCUT2D eigenvalue weighted by atomic mass is 79.9. The second kappa shape index (κ2) is 3.41. The first-order valence-electron chi connectivity index (χ1n) is 4.45. The minimum absolute atomic E-state index is 0.0137. The fourth-order valence-corrected chi connectivity index (χ4v) is 2.23. The van der Waals surface area contributed by atoms with E-state index >= 15 is 0 Å². The summed E-state index contributed by atoms with van der Waals surface area (Å²) < 4.78 is 5.77. The van der Waals surface area contributed by atoms with Gasteiger partial charge in [-0.25, -0.2) is 4.79 Å². The topological polar surface area (TPSA) is 66.8 Å². The Kier molecular flexibility index (Phi) is 2.34. The predicted octanol–water partition coefficient (Wildman–Crippen LogP) is 2.18. The summed E-state index contributed by atoms with van der Waals surface area (Å²) in [6.45, 7) is 1.89. The van der Waals surface area contributed by atoms with Gasteiger partial charge in [0.05, 0.1) is 0 Å². The molecule has 0 saturated carbocycles. The summed E-state index contributed by atoms with van der Waals surface area (Å²) in [4.78, 5) is 10.8. The molecule has 15 heavy (non-hydrogen) atoms. The van der Waals surface area contributed by atoms with Crippen LogP contribution in [0.2, 0.25) is 0 Å². The van der Waals surface area contributed by atoms with Gasteiger partial charge in [0.25, 0.3) is 0 Å². The van der Waals surface area contributed by atoms with E-state index in [1.54, 1.807) is 0 Å². The van der Waals surface area contributed by atoms with Crippen LogP contribution in [0.3, 0.4) is 0 Å². The Bertz CT molecular complexity index is 442. The number of rotatable bonds is 1. The van der Waals surface area contributed by atoms with Gasteiger partial charge in [0.2, 0.25) is 0 Å².